The molecule has 1 fully saturated rings. The highest BCUT2D eigenvalue weighted by Crippen LogP contribution is 2.31. The predicted octanol–water partition coefficient (Wildman–Crippen LogP) is 3.41. The molecule has 0 spiro atoms. The lowest BCUT2D eigenvalue weighted by molar-refractivity contribution is 0.255. The molecule has 2 rings (SSSR count). The zero-order valence-corrected chi connectivity index (χ0v) is 12.3. The van der Waals surface area contributed by atoms with Gasteiger partial charge in [0, 0.05) is 6.54 Å². The second kappa shape index (κ2) is 5.83. The molecule has 1 aromatic carbocycles. The van der Waals surface area contributed by atoms with E-state index in [0.29, 0.717) is 11.2 Å². The van der Waals surface area contributed by atoms with E-state index in [1.807, 2.05) is 18.2 Å². The van der Waals surface area contributed by atoms with Gasteiger partial charge in [-0.3, -0.25) is 4.90 Å². The van der Waals surface area contributed by atoms with Gasteiger partial charge in [0.15, 0.2) is 11.5 Å². The van der Waals surface area contributed by atoms with Crippen molar-refractivity contribution < 1.29 is 9.84 Å². The molecular weight excluding hydrogens is 238 g/mol. The van der Waals surface area contributed by atoms with Crippen LogP contribution in [0.4, 0.5) is 0 Å². The summed E-state index contributed by atoms with van der Waals surface area (Å²) < 4.78 is 5.07. The summed E-state index contributed by atoms with van der Waals surface area (Å²) in [5.74, 6) is 0.774. The first-order valence-electron chi connectivity index (χ1n) is 7.08. The highest BCUT2D eigenvalue weighted by molar-refractivity contribution is 5.41. The molecule has 1 N–H and O–H groups in total. The molecule has 0 unspecified atom stereocenters. The predicted molar refractivity (Wildman–Crippen MR) is 77.6 cm³/mol. The lowest BCUT2D eigenvalue weighted by Crippen LogP contribution is -2.25. The van der Waals surface area contributed by atoms with E-state index in [2.05, 4.69) is 18.7 Å². The van der Waals surface area contributed by atoms with Crippen LogP contribution in [0.3, 0.4) is 0 Å². The van der Waals surface area contributed by atoms with Crippen LogP contribution >= 0.6 is 0 Å². The summed E-state index contributed by atoms with van der Waals surface area (Å²) in [6.45, 7) is 7.91. The molecule has 1 aliphatic heterocycles. The van der Waals surface area contributed by atoms with Gasteiger partial charge in [0.05, 0.1) is 7.11 Å². The van der Waals surface area contributed by atoms with E-state index in [1.165, 1.54) is 19.3 Å². The number of methoxy groups -OCH3 is 1. The Labute approximate surface area is 116 Å². The lowest BCUT2D eigenvalue weighted by Gasteiger charge is -2.23. The first-order chi connectivity index (χ1) is 9.00. The van der Waals surface area contributed by atoms with Crippen LogP contribution in [0.25, 0.3) is 0 Å². The number of phenolic OH excluding ortho intramolecular Hbond substituents is 1. The van der Waals surface area contributed by atoms with Crippen molar-refractivity contribution in [1.29, 1.82) is 0 Å². The van der Waals surface area contributed by atoms with Gasteiger partial charge in [-0.25, -0.2) is 0 Å². The van der Waals surface area contributed by atoms with E-state index in [1.54, 1.807) is 7.11 Å². The molecular formula is C16H25NO2. The lowest BCUT2D eigenvalue weighted by atomic mass is 9.85. The third-order valence-corrected chi connectivity index (χ3v) is 4.08. The van der Waals surface area contributed by atoms with Crippen molar-refractivity contribution in [3.63, 3.8) is 0 Å². The summed E-state index contributed by atoms with van der Waals surface area (Å²) in [4.78, 5) is 2.48. The third-order valence-electron chi connectivity index (χ3n) is 4.08. The Morgan fingerprint density at radius 2 is 2.05 bits per heavy atom. The van der Waals surface area contributed by atoms with Crippen molar-refractivity contribution >= 4 is 0 Å². The Morgan fingerprint density at radius 1 is 1.26 bits per heavy atom. The first kappa shape index (κ1) is 14.2. The molecule has 3 nitrogen and oxygen atoms in total. The quantitative estimate of drug-likeness (QED) is 0.907. The highest BCUT2D eigenvalue weighted by Gasteiger charge is 2.23. The number of likely N-dealkylation sites (tertiary alicyclic amines) is 1. The fraction of sp³-hybridized carbons (Fsp3) is 0.625. The highest BCUT2D eigenvalue weighted by atomic mass is 16.5. The normalized spacial score (nSPS) is 19.9. The summed E-state index contributed by atoms with van der Waals surface area (Å²) in [5, 5.41) is 9.82. The zero-order valence-electron chi connectivity index (χ0n) is 12.3. The van der Waals surface area contributed by atoms with E-state index >= 15 is 0 Å². The third kappa shape index (κ3) is 3.87. The van der Waals surface area contributed by atoms with Crippen LogP contribution in [0.2, 0.25) is 0 Å². The second-order valence-corrected chi connectivity index (χ2v) is 6.30. The van der Waals surface area contributed by atoms with Crippen LogP contribution in [0.5, 0.6) is 11.5 Å². The van der Waals surface area contributed by atoms with Crippen LogP contribution in [0.1, 0.15) is 38.7 Å². The van der Waals surface area contributed by atoms with Gasteiger partial charge in [0.25, 0.3) is 0 Å². The van der Waals surface area contributed by atoms with Gasteiger partial charge in [0.1, 0.15) is 0 Å². The van der Waals surface area contributed by atoms with Crippen LogP contribution in [0, 0.1) is 5.41 Å². The first-order valence-corrected chi connectivity index (χ1v) is 7.08. The Balaban J connectivity index is 1.99. The Morgan fingerprint density at radius 3 is 2.74 bits per heavy atom. The van der Waals surface area contributed by atoms with E-state index in [0.717, 1.165) is 25.2 Å². The van der Waals surface area contributed by atoms with Gasteiger partial charge < -0.3 is 9.84 Å². The van der Waals surface area contributed by atoms with E-state index in [-0.39, 0.29) is 5.75 Å². The molecule has 0 atom stereocenters. The van der Waals surface area contributed by atoms with Gasteiger partial charge in [-0.15, -0.1) is 0 Å². The van der Waals surface area contributed by atoms with Crippen molar-refractivity contribution in [3.05, 3.63) is 23.8 Å². The van der Waals surface area contributed by atoms with Gasteiger partial charge >= 0.3 is 0 Å². The fourth-order valence-corrected chi connectivity index (χ4v) is 2.73. The molecule has 1 aliphatic rings. The molecule has 1 aromatic rings. The zero-order chi connectivity index (χ0) is 13.9. The number of nitrogens with zero attached hydrogens (tertiary/aromatic N) is 1. The average Bonchev–Trinajstić information content (AvgIpc) is 2.51. The smallest absolute Gasteiger partial charge is 0.160 e. The van der Waals surface area contributed by atoms with Crippen molar-refractivity contribution in [3.8, 4) is 11.5 Å². The number of hydrogen-bond donors (Lipinski definition) is 1. The number of phenols is 1. The summed E-state index contributed by atoms with van der Waals surface area (Å²) in [7, 11) is 1.58. The minimum Gasteiger partial charge on any atom is -0.504 e. The monoisotopic (exact) mass is 263 g/mol. The molecule has 1 saturated heterocycles. The van der Waals surface area contributed by atoms with E-state index in [9.17, 15) is 5.11 Å². The maximum atomic E-state index is 9.82. The van der Waals surface area contributed by atoms with E-state index in [4.69, 9.17) is 4.74 Å². The molecule has 0 amide bonds. The van der Waals surface area contributed by atoms with Gasteiger partial charge in [-0.1, -0.05) is 19.9 Å². The van der Waals surface area contributed by atoms with Crippen molar-refractivity contribution in [2.24, 2.45) is 5.41 Å². The van der Waals surface area contributed by atoms with Crippen molar-refractivity contribution in [1.82, 2.24) is 4.90 Å². The minimum atomic E-state index is 0.232. The number of benzene rings is 1. The molecule has 0 bridgehead atoms. The molecule has 0 aliphatic carbocycles. The molecule has 3 heteroatoms. The summed E-state index contributed by atoms with van der Waals surface area (Å²) >= 11 is 0. The SMILES string of the molecule is COc1ccc(CN2CCCC(C)(C)CC2)cc1O. The van der Waals surface area contributed by atoms with Crippen LogP contribution < -0.4 is 4.74 Å². The van der Waals surface area contributed by atoms with Crippen LogP contribution in [0.15, 0.2) is 18.2 Å². The van der Waals surface area contributed by atoms with Gasteiger partial charge in [-0.05, 0) is 55.5 Å². The molecule has 1 heterocycles. The van der Waals surface area contributed by atoms with Crippen LogP contribution in [-0.2, 0) is 6.54 Å². The molecule has 19 heavy (non-hydrogen) atoms. The average molecular weight is 263 g/mol. The van der Waals surface area contributed by atoms with Crippen molar-refractivity contribution in [2.45, 2.75) is 39.7 Å². The van der Waals surface area contributed by atoms with E-state index < -0.39 is 0 Å². The molecule has 0 saturated carbocycles. The summed E-state index contributed by atoms with van der Waals surface area (Å²) in [5.41, 5.74) is 1.62. The van der Waals surface area contributed by atoms with Gasteiger partial charge in [0.2, 0.25) is 0 Å². The topological polar surface area (TPSA) is 32.7 Å². The minimum absolute atomic E-state index is 0.232. The Hall–Kier alpha value is -1.22. The van der Waals surface area contributed by atoms with Gasteiger partial charge in [-0.2, -0.15) is 0 Å². The number of rotatable bonds is 3. The summed E-state index contributed by atoms with van der Waals surface area (Å²) in [6.07, 6.45) is 3.81. The van der Waals surface area contributed by atoms with Crippen molar-refractivity contribution in [2.75, 3.05) is 20.2 Å². The maximum Gasteiger partial charge on any atom is 0.160 e. The maximum absolute atomic E-state index is 9.82. The molecule has 106 valence electrons. The second-order valence-electron chi connectivity index (χ2n) is 6.30. The van der Waals surface area contributed by atoms with Crippen LogP contribution in [-0.4, -0.2) is 30.2 Å². The molecule has 0 aromatic heterocycles. The fourth-order valence-electron chi connectivity index (χ4n) is 2.73. The Kier molecular flexibility index (Phi) is 4.35. The Bertz CT molecular complexity index is 429. The standard InChI is InChI=1S/C16H25NO2/c1-16(2)7-4-9-17(10-8-16)12-13-5-6-15(19-3)14(18)11-13/h5-6,11,18H,4,7-10,12H2,1-3H3. The number of ether oxygens (including phenoxy) is 1. The molecule has 0 radical (unpaired) electrons. The largest absolute Gasteiger partial charge is 0.504 e. The number of aromatic hydroxyl groups is 1. The summed E-state index contributed by atoms with van der Waals surface area (Å²) in [6, 6.07) is 5.69. The number of hydrogen-bond acceptors (Lipinski definition) is 3.